The molecule has 0 unspecified atom stereocenters. The van der Waals surface area contributed by atoms with Gasteiger partial charge in [-0.2, -0.15) is 0 Å². The molecule has 0 saturated carbocycles. The highest BCUT2D eigenvalue weighted by Crippen LogP contribution is 2.17. The van der Waals surface area contributed by atoms with Crippen molar-refractivity contribution < 1.29 is 4.57 Å². The summed E-state index contributed by atoms with van der Waals surface area (Å²) in [5.74, 6) is 1.63. The van der Waals surface area contributed by atoms with E-state index in [1.54, 1.807) is 5.82 Å². The number of aromatic nitrogens is 2. The van der Waals surface area contributed by atoms with E-state index in [1.807, 2.05) is 0 Å². The second-order valence-corrected chi connectivity index (χ2v) is 16.9. The Bertz CT molecular complexity index is 781. The largest absolute Gasteiger partial charge is 0.256 e. The van der Waals surface area contributed by atoms with Crippen LogP contribution in [0.15, 0.2) is 12.4 Å². The first-order valence-electron chi connectivity index (χ1n) is 24.4. The fourth-order valence-corrected chi connectivity index (χ4v) is 8.27. The van der Waals surface area contributed by atoms with Gasteiger partial charge in [-0.15, -0.1) is 0 Å². The van der Waals surface area contributed by atoms with Crippen LogP contribution in [0.4, 0.5) is 0 Å². The molecule has 0 atom stereocenters. The highest BCUT2D eigenvalue weighted by molar-refractivity contribution is 4.84. The number of hydrogen-bond acceptors (Lipinski definition) is 0. The van der Waals surface area contributed by atoms with Crippen molar-refractivity contribution in [3.8, 4) is 0 Å². The van der Waals surface area contributed by atoms with Gasteiger partial charge in [0.05, 0.1) is 13.1 Å². The van der Waals surface area contributed by atoms with Gasteiger partial charge < -0.3 is 0 Å². The maximum atomic E-state index is 2.65. The third kappa shape index (κ3) is 32.4. The van der Waals surface area contributed by atoms with E-state index in [1.165, 1.54) is 276 Å². The molecule has 1 rings (SSSR count). The molecule has 1 aromatic rings. The van der Waals surface area contributed by atoms with Gasteiger partial charge in [-0.05, 0) is 32.1 Å². The lowest BCUT2D eigenvalue weighted by Crippen LogP contribution is -2.37. The number of rotatable bonds is 43. The third-order valence-electron chi connectivity index (χ3n) is 11.8. The van der Waals surface area contributed by atoms with Crippen molar-refractivity contribution in [1.82, 2.24) is 4.57 Å². The van der Waals surface area contributed by atoms with Gasteiger partial charge in [0.2, 0.25) is 0 Å². The van der Waals surface area contributed by atoms with Crippen LogP contribution in [-0.4, -0.2) is 4.57 Å². The van der Waals surface area contributed by atoms with Crippen LogP contribution in [0.5, 0.6) is 0 Å². The van der Waals surface area contributed by atoms with Gasteiger partial charge in [-0.1, -0.05) is 245 Å². The van der Waals surface area contributed by atoms with E-state index < -0.39 is 0 Å². The summed E-state index contributed by atoms with van der Waals surface area (Å²) in [5, 5.41) is 0. The van der Waals surface area contributed by atoms with E-state index in [-0.39, 0.29) is 0 Å². The minimum absolute atomic E-state index is 1.23. The average molecular weight is 714 g/mol. The Morgan fingerprint density at radius 2 is 0.608 bits per heavy atom. The maximum absolute atomic E-state index is 2.65. The summed E-state index contributed by atoms with van der Waals surface area (Å²) in [6.45, 7) is 9.42. The van der Waals surface area contributed by atoms with Crippen LogP contribution >= 0.6 is 0 Å². The van der Waals surface area contributed by atoms with Crippen LogP contribution in [-0.2, 0) is 19.5 Å². The van der Waals surface area contributed by atoms with Gasteiger partial charge in [-0.3, -0.25) is 0 Å². The van der Waals surface area contributed by atoms with Crippen molar-refractivity contribution in [2.24, 2.45) is 0 Å². The number of aryl methyl sites for hydroxylation is 2. The Labute approximate surface area is 323 Å². The molecule has 0 radical (unpaired) electrons. The second kappa shape index (κ2) is 40.4. The van der Waals surface area contributed by atoms with E-state index in [0.717, 1.165) is 0 Å². The molecular formula is C49H97N2+. The third-order valence-corrected chi connectivity index (χ3v) is 11.8. The summed E-state index contributed by atoms with van der Waals surface area (Å²) in [4.78, 5) is 0. The van der Waals surface area contributed by atoms with Crippen LogP contribution < -0.4 is 4.57 Å². The van der Waals surface area contributed by atoms with Crippen molar-refractivity contribution in [3.63, 3.8) is 0 Å². The van der Waals surface area contributed by atoms with E-state index in [2.05, 4.69) is 42.3 Å². The SMILES string of the molecule is CCCCCCCCCCCCCCCCCCCn1cc[n+](CCCCCCCCCCCCCCCCC)c1CCCCCCCCCC. The molecule has 51 heavy (non-hydrogen) atoms. The fourth-order valence-electron chi connectivity index (χ4n) is 8.27. The first-order chi connectivity index (χ1) is 25.3. The molecule has 0 aliphatic rings. The van der Waals surface area contributed by atoms with Gasteiger partial charge in [0.1, 0.15) is 12.4 Å². The highest BCUT2D eigenvalue weighted by atomic mass is 15.1. The lowest BCUT2D eigenvalue weighted by molar-refractivity contribution is -0.704. The standard InChI is InChI=1S/C49H97N2/c1-4-7-10-13-16-19-21-23-25-26-28-30-32-34-37-40-43-46-51-48-47-50(49(51)44-41-38-35-18-15-12-9-6-3)45-42-39-36-33-31-29-27-24-22-20-17-14-11-8-5-2/h47-48H,4-46H2,1-3H3/q+1. The molecule has 2 nitrogen and oxygen atoms in total. The molecule has 0 N–H and O–H groups in total. The number of unbranched alkanes of at least 4 members (excludes halogenated alkanes) is 37. The topological polar surface area (TPSA) is 8.81 Å². The minimum Gasteiger partial charge on any atom is -0.234 e. The van der Waals surface area contributed by atoms with Gasteiger partial charge in [0, 0.05) is 6.42 Å². The predicted molar refractivity (Wildman–Crippen MR) is 230 cm³/mol. The Morgan fingerprint density at radius 3 is 0.941 bits per heavy atom. The summed E-state index contributed by atoms with van der Waals surface area (Å²) in [7, 11) is 0. The minimum atomic E-state index is 1.23. The molecule has 0 aliphatic heterocycles. The van der Waals surface area contributed by atoms with Gasteiger partial charge in [-0.25, -0.2) is 9.13 Å². The van der Waals surface area contributed by atoms with Crippen molar-refractivity contribution in [3.05, 3.63) is 18.2 Å². The van der Waals surface area contributed by atoms with Crippen LogP contribution in [0.2, 0.25) is 0 Å². The normalized spacial score (nSPS) is 11.7. The Balaban J connectivity index is 2.19. The maximum Gasteiger partial charge on any atom is 0.256 e. The predicted octanol–water partition coefficient (Wildman–Crippen LogP) is 17.0. The van der Waals surface area contributed by atoms with E-state index in [4.69, 9.17) is 0 Å². The monoisotopic (exact) mass is 714 g/mol. The summed E-state index contributed by atoms with van der Waals surface area (Å²) in [6, 6.07) is 0. The van der Waals surface area contributed by atoms with Gasteiger partial charge >= 0.3 is 0 Å². The summed E-state index contributed by atoms with van der Waals surface area (Å²) in [6.07, 6.45) is 63.8. The van der Waals surface area contributed by atoms with E-state index >= 15 is 0 Å². The molecule has 2 heteroatoms. The Morgan fingerprint density at radius 1 is 0.333 bits per heavy atom. The molecule has 1 heterocycles. The lowest BCUT2D eigenvalue weighted by atomic mass is 10.0. The molecule has 0 amide bonds. The number of hydrogen-bond donors (Lipinski definition) is 0. The zero-order valence-electron chi connectivity index (χ0n) is 36.0. The molecular weight excluding hydrogens is 617 g/mol. The fraction of sp³-hybridized carbons (Fsp3) is 0.939. The average Bonchev–Trinajstić information content (AvgIpc) is 3.53. The molecule has 0 aromatic carbocycles. The summed E-state index contributed by atoms with van der Waals surface area (Å²) in [5.41, 5.74) is 0. The molecule has 302 valence electrons. The Kier molecular flexibility index (Phi) is 38.2. The molecule has 0 fully saturated rings. The first kappa shape index (κ1) is 48.2. The molecule has 0 saturated heterocycles. The van der Waals surface area contributed by atoms with E-state index in [0.29, 0.717) is 0 Å². The van der Waals surface area contributed by atoms with E-state index in [9.17, 15) is 0 Å². The lowest BCUT2D eigenvalue weighted by Gasteiger charge is -2.07. The smallest absolute Gasteiger partial charge is 0.234 e. The first-order valence-corrected chi connectivity index (χ1v) is 24.4. The van der Waals surface area contributed by atoms with Crippen LogP contribution in [0.1, 0.15) is 283 Å². The van der Waals surface area contributed by atoms with Crippen molar-refractivity contribution >= 4 is 0 Å². The van der Waals surface area contributed by atoms with Crippen LogP contribution in [0, 0.1) is 0 Å². The summed E-state index contributed by atoms with van der Waals surface area (Å²) < 4.78 is 5.30. The molecule has 0 spiro atoms. The van der Waals surface area contributed by atoms with Crippen molar-refractivity contribution in [2.75, 3.05) is 0 Å². The number of nitrogens with zero attached hydrogens (tertiary/aromatic N) is 2. The molecule has 0 aliphatic carbocycles. The highest BCUT2D eigenvalue weighted by Gasteiger charge is 2.16. The second-order valence-electron chi connectivity index (χ2n) is 16.9. The number of imidazole rings is 1. The van der Waals surface area contributed by atoms with Crippen LogP contribution in [0.3, 0.4) is 0 Å². The van der Waals surface area contributed by atoms with Crippen LogP contribution in [0.25, 0.3) is 0 Å². The molecule has 1 aromatic heterocycles. The Hall–Kier alpha value is -0.790. The summed E-state index contributed by atoms with van der Waals surface area (Å²) >= 11 is 0. The van der Waals surface area contributed by atoms with Crippen molar-refractivity contribution in [2.45, 2.75) is 297 Å². The molecule has 0 bridgehead atoms. The quantitative estimate of drug-likeness (QED) is 0.0471. The van der Waals surface area contributed by atoms with Gasteiger partial charge in [0.15, 0.2) is 0 Å². The zero-order valence-corrected chi connectivity index (χ0v) is 36.0. The zero-order chi connectivity index (χ0) is 36.6. The van der Waals surface area contributed by atoms with Crippen molar-refractivity contribution in [1.29, 1.82) is 0 Å². The van der Waals surface area contributed by atoms with Gasteiger partial charge in [0.25, 0.3) is 5.82 Å².